The zero-order valence-electron chi connectivity index (χ0n) is 20.0. The molecule has 0 spiro atoms. The first kappa shape index (κ1) is 25.3. The number of carbonyl (C=O) groups is 3. The molecule has 0 saturated carbocycles. The highest BCUT2D eigenvalue weighted by Crippen LogP contribution is 2.24. The summed E-state index contributed by atoms with van der Waals surface area (Å²) in [5.41, 5.74) is 2.17. The Morgan fingerprint density at radius 1 is 0.973 bits per heavy atom. The molecule has 3 heterocycles. The number of carbonyl (C=O) groups excluding carboxylic acids is 3. The topological polar surface area (TPSA) is 128 Å². The van der Waals surface area contributed by atoms with E-state index in [4.69, 9.17) is 11.6 Å². The number of amides is 3. The first-order valence-corrected chi connectivity index (χ1v) is 14.4. The molecule has 0 aliphatic carbocycles. The lowest BCUT2D eigenvalue weighted by Gasteiger charge is -2.32. The third-order valence-corrected chi connectivity index (χ3v) is 8.99. The fourth-order valence-corrected chi connectivity index (χ4v) is 6.76. The van der Waals surface area contributed by atoms with Gasteiger partial charge in [-0.15, -0.1) is 0 Å². The van der Waals surface area contributed by atoms with Gasteiger partial charge in [0, 0.05) is 46.9 Å². The summed E-state index contributed by atoms with van der Waals surface area (Å²) in [5.74, 6) is -1.08. The van der Waals surface area contributed by atoms with Crippen LogP contribution in [0.2, 0.25) is 5.02 Å². The molecule has 11 heteroatoms. The second kappa shape index (κ2) is 10.2. The van der Waals surface area contributed by atoms with Gasteiger partial charge in [-0.2, -0.15) is 0 Å². The summed E-state index contributed by atoms with van der Waals surface area (Å²) in [5, 5.41) is 7.02. The molecule has 2 fully saturated rings. The Kier molecular flexibility index (Phi) is 6.96. The van der Waals surface area contributed by atoms with Gasteiger partial charge in [0.1, 0.15) is 0 Å². The van der Waals surface area contributed by atoms with Crippen LogP contribution in [0.4, 0.5) is 5.69 Å². The molecule has 0 bridgehead atoms. The molecule has 2 saturated heterocycles. The van der Waals surface area contributed by atoms with Gasteiger partial charge in [-0.25, -0.2) is 8.42 Å². The van der Waals surface area contributed by atoms with Crippen molar-refractivity contribution in [3.8, 4) is 0 Å². The second-order valence-electron chi connectivity index (χ2n) is 9.51. The number of benzene rings is 2. The molecule has 9 nitrogen and oxygen atoms in total. The maximum Gasteiger partial charge on any atom is 0.251 e. The number of anilines is 1. The number of fused-ring (bicyclic) bond motifs is 1. The maximum atomic E-state index is 13.0. The summed E-state index contributed by atoms with van der Waals surface area (Å²) in [6.45, 7) is 0.659. The van der Waals surface area contributed by atoms with Crippen molar-refractivity contribution in [3.63, 3.8) is 0 Å². The summed E-state index contributed by atoms with van der Waals surface area (Å²) in [6, 6.07) is 10.4. The van der Waals surface area contributed by atoms with E-state index in [1.54, 1.807) is 53.6 Å². The molecule has 1 aromatic heterocycles. The van der Waals surface area contributed by atoms with Crippen LogP contribution in [0.5, 0.6) is 0 Å². The first-order chi connectivity index (χ1) is 17.7. The minimum absolute atomic E-state index is 0.0731. The molecule has 3 amide bonds. The molecule has 0 unspecified atom stereocenters. The van der Waals surface area contributed by atoms with E-state index < -0.39 is 27.8 Å². The van der Waals surface area contributed by atoms with Crippen molar-refractivity contribution in [2.24, 2.45) is 0 Å². The third-order valence-electron chi connectivity index (χ3n) is 6.95. The van der Waals surface area contributed by atoms with Crippen LogP contribution in [0.15, 0.2) is 48.7 Å². The molecule has 2 atom stereocenters. The summed E-state index contributed by atoms with van der Waals surface area (Å²) >= 11 is 6.11. The number of piperidine rings is 1. The number of sulfone groups is 1. The Bertz CT molecular complexity index is 1470. The van der Waals surface area contributed by atoms with Crippen molar-refractivity contribution in [3.05, 3.63) is 64.8 Å². The van der Waals surface area contributed by atoms with Crippen LogP contribution in [-0.2, 0) is 14.6 Å². The molecule has 37 heavy (non-hydrogen) atoms. The van der Waals surface area contributed by atoms with Gasteiger partial charge in [0.25, 0.3) is 11.8 Å². The minimum Gasteiger partial charge on any atom is -0.360 e. The van der Waals surface area contributed by atoms with Crippen LogP contribution in [-0.4, -0.2) is 61.3 Å². The number of aromatic amines is 1. The predicted molar refractivity (Wildman–Crippen MR) is 142 cm³/mol. The van der Waals surface area contributed by atoms with Crippen LogP contribution >= 0.6 is 11.6 Å². The van der Waals surface area contributed by atoms with Gasteiger partial charge < -0.3 is 20.5 Å². The largest absolute Gasteiger partial charge is 0.360 e. The van der Waals surface area contributed by atoms with E-state index in [0.717, 1.165) is 23.9 Å². The zero-order valence-corrected chi connectivity index (χ0v) is 21.6. The highest BCUT2D eigenvalue weighted by Gasteiger charge is 2.35. The fourth-order valence-electron chi connectivity index (χ4n) is 4.90. The van der Waals surface area contributed by atoms with E-state index in [-0.39, 0.29) is 29.7 Å². The van der Waals surface area contributed by atoms with Gasteiger partial charge in [0.15, 0.2) is 9.84 Å². The summed E-state index contributed by atoms with van der Waals surface area (Å²) in [7, 11) is -3.37. The average Bonchev–Trinajstić information content (AvgIpc) is 3.25. The lowest BCUT2D eigenvalue weighted by Crippen LogP contribution is -2.58. The Morgan fingerprint density at radius 2 is 1.68 bits per heavy atom. The summed E-state index contributed by atoms with van der Waals surface area (Å²) in [6.07, 6.45) is 4.17. The van der Waals surface area contributed by atoms with Gasteiger partial charge in [-0.1, -0.05) is 17.7 Å². The van der Waals surface area contributed by atoms with E-state index in [1.807, 2.05) is 0 Å². The number of H-pyrrole nitrogens is 1. The van der Waals surface area contributed by atoms with E-state index in [9.17, 15) is 22.8 Å². The fraction of sp³-hybridized carbons (Fsp3) is 0.346. The average molecular weight is 543 g/mol. The van der Waals surface area contributed by atoms with E-state index in [0.29, 0.717) is 34.6 Å². The normalized spacial score (nSPS) is 21.5. The number of nitrogens with zero attached hydrogens (tertiary/aromatic N) is 1. The quantitative estimate of drug-likeness (QED) is 0.456. The molecule has 2 aliphatic rings. The number of halogens is 1. The Hall–Kier alpha value is -3.37. The number of hydrogen-bond donors (Lipinski definition) is 3. The molecule has 3 N–H and O–H groups in total. The van der Waals surface area contributed by atoms with Crippen molar-refractivity contribution in [2.45, 2.75) is 37.8 Å². The summed E-state index contributed by atoms with van der Waals surface area (Å²) in [4.78, 5) is 42.9. The van der Waals surface area contributed by atoms with Gasteiger partial charge in [0.2, 0.25) is 5.91 Å². The Labute approximate surface area is 219 Å². The van der Waals surface area contributed by atoms with Crippen molar-refractivity contribution >= 4 is 55.8 Å². The molecule has 5 rings (SSSR count). The van der Waals surface area contributed by atoms with Crippen LogP contribution in [0, 0.1) is 0 Å². The second-order valence-corrected chi connectivity index (χ2v) is 12.1. The van der Waals surface area contributed by atoms with Crippen LogP contribution in [0.25, 0.3) is 10.9 Å². The van der Waals surface area contributed by atoms with Crippen LogP contribution in [0.1, 0.15) is 46.4 Å². The van der Waals surface area contributed by atoms with Gasteiger partial charge in [-0.3, -0.25) is 14.4 Å². The minimum atomic E-state index is -3.37. The highest BCUT2D eigenvalue weighted by atomic mass is 35.5. The number of nitrogens with one attached hydrogen (secondary N) is 3. The zero-order chi connectivity index (χ0) is 26.2. The predicted octanol–water partition coefficient (Wildman–Crippen LogP) is 3.05. The monoisotopic (exact) mass is 542 g/mol. The van der Waals surface area contributed by atoms with E-state index in [1.165, 1.54) is 0 Å². The van der Waals surface area contributed by atoms with Crippen molar-refractivity contribution in [2.75, 3.05) is 23.0 Å². The Balaban J connectivity index is 1.29. The lowest BCUT2D eigenvalue weighted by molar-refractivity contribution is -0.119. The molecule has 2 aromatic carbocycles. The van der Waals surface area contributed by atoms with Gasteiger partial charge in [-0.05, 0) is 55.7 Å². The molecular formula is C26H27ClN4O5S. The van der Waals surface area contributed by atoms with Crippen LogP contribution < -0.4 is 15.5 Å². The molecule has 2 aliphatic heterocycles. The number of aromatic nitrogens is 1. The highest BCUT2D eigenvalue weighted by molar-refractivity contribution is 7.91. The number of hydrogen-bond acceptors (Lipinski definition) is 5. The summed E-state index contributed by atoms with van der Waals surface area (Å²) < 4.78 is 24.7. The molecule has 0 radical (unpaired) electrons. The first-order valence-electron chi connectivity index (χ1n) is 12.2. The Morgan fingerprint density at radius 3 is 2.43 bits per heavy atom. The number of rotatable bonds is 5. The maximum absolute atomic E-state index is 13.0. The van der Waals surface area contributed by atoms with E-state index >= 15 is 0 Å². The molecule has 3 aromatic rings. The van der Waals surface area contributed by atoms with Crippen molar-refractivity contribution < 1.29 is 22.8 Å². The third kappa shape index (κ3) is 5.50. The molecule has 194 valence electrons. The lowest BCUT2D eigenvalue weighted by atomic mass is 10.0. The van der Waals surface area contributed by atoms with E-state index in [2.05, 4.69) is 15.6 Å². The molecular weight excluding hydrogens is 516 g/mol. The van der Waals surface area contributed by atoms with Crippen molar-refractivity contribution in [1.29, 1.82) is 0 Å². The standard InChI is InChI=1S/C26H27ClN4O5S/c27-20-14-28-22-13-17(6-9-19(20)22)26(34)30-23-15-37(35,36)12-10-21(23)29-25(33)16-4-7-18(8-5-16)31-11-2-1-3-24(31)32/h4-9,13-14,21,23,28H,1-3,10-12,15H2,(H,29,33)(H,30,34)/t21-,23-/m0/s1. The van der Waals surface area contributed by atoms with Crippen molar-refractivity contribution in [1.82, 2.24) is 15.6 Å². The van der Waals surface area contributed by atoms with Gasteiger partial charge >= 0.3 is 0 Å². The van der Waals surface area contributed by atoms with Crippen LogP contribution in [0.3, 0.4) is 0 Å². The van der Waals surface area contributed by atoms with Gasteiger partial charge in [0.05, 0.1) is 28.6 Å². The smallest absolute Gasteiger partial charge is 0.251 e. The SMILES string of the molecule is O=C(N[C@H]1CCS(=O)(=O)C[C@@H]1NC(=O)c1ccc2c(Cl)c[nH]c2c1)c1ccc(N2CCCCC2=O)cc1.